The third-order valence-electron chi connectivity index (χ3n) is 3.06. The molecule has 16 heavy (non-hydrogen) atoms. The summed E-state index contributed by atoms with van der Waals surface area (Å²) in [7, 11) is 0. The maximum absolute atomic E-state index is 4.55. The van der Waals surface area contributed by atoms with Crippen molar-refractivity contribution in [1.29, 1.82) is 0 Å². The highest BCUT2D eigenvalue weighted by Crippen LogP contribution is 2.33. The minimum atomic E-state index is 1.04. The van der Waals surface area contributed by atoms with Crippen LogP contribution in [0.4, 0.5) is 5.13 Å². The van der Waals surface area contributed by atoms with Gasteiger partial charge >= 0.3 is 0 Å². The lowest BCUT2D eigenvalue weighted by molar-refractivity contribution is 0.687. The molecule has 1 aromatic carbocycles. The summed E-state index contributed by atoms with van der Waals surface area (Å²) < 4.78 is 1.27. The number of benzene rings is 1. The van der Waals surface area contributed by atoms with E-state index < -0.39 is 0 Å². The Bertz CT molecular complexity index is 440. The van der Waals surface area contributed by atoms with Gasteiger partial charge in [-0.1, -0.05) is 36.3 Å². The number of thiazole rings is 1. The molecule has 1 saturated carbocycles. The summed E-state index contributed by atoms with van der Waals surface area (Å²) in [6.45, 7) is 1.07. The molecule has 3 rings (SSSR count). The first-order valence-corrected chi connectivity index (χ1v) is 6.83. The zero-order valence-electron chi connectivity index (χ0n) is 9.28. The molecule has 1 aliphatic carbocycles. The van der Waals surface area contributed by atoms with E-state index in [9.17, 15) is 0 Å². The molecule has 0 bridgehead atoms. The fourth-order valence-electron chi connectivity index (χ4n) is 1.94. The predicted molar refractivity (Wildman–Crippen MR) is 70.1 cm³/mol. The van der Waals surface area contributed by atoms with Gasteiger partial charge < -0.3 is 5.32 Å². The Morgan fingerprint density at radius 3 is 3.00 bits per heavy atom. The predicted octanol–water partition coefficient (Wildman–Crippen LogP) is 3.90. The monoisotopic (exact) mass is 232 g/mol. The molecule has 0 radical (unpaired) electrons. The molecule has 3 heteroatoms. The second kappa shape index (κ2) is 4.42. The van der Waals surface area contributed by atoms with Crippen LogP contribution in [0.15, 0.2) is 24.3 Å². The van der Waals surface area contributed by atoms with Gasteiger partial charge in [-0.2, -0.15) is 0 Å². The number of fused-ring (bicyclic) bond motifs is 1. The lowest BCUT2D eigenvalue weighted by Crippen LogP contribution is -2.00. The van der Waals surface area contributed by atoms with Gasteiger partial charge in [0.1, 0.15) is 0 Å². The fourth-order valence-corrected chi connectivity index (χ4v) is 2.83. The zero-order valence-corrected chi connectivity index (χ0v) is 10.1. The minimum Gasteiger partial charge on any atom is -0.361 e. The molecule has 2 nitrogen and oxygen atoms in total. The highest BCUT2D eigenvalue weighted by Gasteiger charge is 2.19. The number of para-hydroxylation sites is 1. The maximum atomic E-state index is 4.55. The molecule has 0 aliphatic heterocycles. The summed E-state index contributed by atoms with van der Waals surface area (Å²) >= 11 is 1.75. The molecule has 0 unspecified atom stereocenters. The van der Waals surface area contributed by atoms with Gasteiger partial charge in [0, 0.05) is 6.54 Å². The van der Waals surface area contributed by atoms with Crippen LogP contribution in [-0.4, -0.2) is 11.5 Å². The molecule has 1 aromatic heterocycles. The van der Waals surface area contributed by atoms with E-state index in [0.29, 0.717) is 0 Å². The number of rotatable bonds is 5. The first-order valence-electron chi connectivity index (χ1n) is 6.01. The summed E-state index contributed by atoms with van der Waals surface area (Å²) in [5.41, 5.74) is 1.11. The SMILES string of the molecule is c1ccc2sc(NCCCC3CC3)nc2c1. The first kappa shape index (κ1) is 10.1. The third-order valence-corrected chi connectivity index (χ3v) is 4.05. The van der Waals surface area contributed by atoms with Crippen molar-refractivity contribution in [2.45, 2.75) is 25.7 Å². The largest absolute Gasteiger partial charge is 0.361 e. The standard InChI is InChI=1S/C13H16N2S/c1-2-6-12-11(5-1)15-13(16-12)14-9-3-4-10-7-8-10/h1-2,5-6,10H,3-4,7-9H2,(H,14,15). The summed E-state index contributed by atoms with van der Waals surface area (Å²) in [4.78, 5) is 4.55. The Morgan fingerprint density at radius 2 is 2.19 bits per heavy atom. The van der Waals surface area contributed by atoms with Gasteiger partial charge in [0.2, 0.25) is 0 Å². The van der Waals surface area contributed by atoms with Gasteiger partial charge in [-0.05, 0) is 30.9 Å². The van der Waals surface area contributed by atoms with E-state index >= 15 is 0 Å². The summed E-state index contributed by atoms with van der Waals surface area (Å²) in [5.74, 6) is 1.04. The molecule has 1 aliphatic rings. The Morgan fingerprint density at radius 1 is 1.31 bits per heavy atom. The molecule has 1 N–H and O–H groups in total. The van der Waals surface area contributed by atoms with Crippen LogP contribution >= 0.6 is 11.3 Å². The first-order chi connectivity index (χ1) is 7.92. The lowest BCUT2D eigenvalue weighted by Gasteiger charge is -2.00. The molecule has 2 aromatic rings. The Labute approximate surface area is 99.7 Å². The van der Waals surface area contributed by atoms with Gasteiger partial charge in [0.25, 0.3) is 0 Å². The van der Waals surface area contributed by atoms with Crippen LogP contribution in [0.3, 0.4) is 0 Å². The second-order valence-electron chi connectivity index (χ2n) is 4.50. The Hall–Kier alpha value is -1.09. The number of hydrogen-bond donors (Lipinski definition) is 1. The normalized spacial score (nSPS) is 15.5. The number of hydrogen-bond acceptors (Lipinski definition) is 3. The van der Waals surface area contributed by atoms with Gasteiger partial charge in [0.05, 0.1) is 10.2 Å². The Balaban J connectivity index is 1.56. The van der Waals surface area contributed by atoms with Crippen molar-refractivity contribution in [2.24, 2.45) is 5.92 Å². The van der Waals surface area contributed by atoms with E-state index in [-0.39, 0.29) is 0 Å². The van der Waals surface area contributed by atoms with Gasteiger partial charge in [-0.25, -0.2) is 4.98 Å². The molecular weight excluding hydrogens is 216 g/mol. The average Bonchev–Trinajstić information content (AvgIpc) is 3.03. The smallest absolute Gasteiger partial charge is 0.183 e. The van der Waals surface area contributed by atoms with E-state index in [2.05, 4.69) is 28.5 Å². The molecule has 0 atom stereocenters. The third kappa shape index (κ3) is 2.35. The molecule has 1 heterocycles. The van der Waals surface area contributed by atoms with Crippen LogP contribution in [-0.2, 0) is 0 Å². The summed E-state index contributed by atoms with van der Waals surface area (Å²) in [6, 6.07) is 8.31. The van der Waals surface area contributed by atoms with Gasteiger partial charge in [-0.15, -0.1) is 0 Å². The number of aromatic nitrogens is 1. The molecule has 84 valence electrons. The maximum Gasteiger partial charge on any atom is 0.183 e. The van der Waals surface area contributed by atoms with Crippen LogP contribution in [0.1, 0.15) is 25.7 Å². The van der Waals surface area contributed by atoms with Gasteiger partial charge in [-0.3, -0.25) is 0 Å². The molecule has 0 amide bonds. The average molecular weight is 232 g/mol. The minimum absolute atomic E-state index is 1.04. The van der Waals surface area contributed by atoms with Crippen molar-refractivity contribution < 1.29 is 0 Å². The van der Waals surface area contributed by atoms with Crippen molar-refractivity contribution in [3.63, 3.8) is 0 Å². The molecule has 0 saturated heterocycles. The molecule has 0 spiro atoms. The summed E-state index contributed by atoms with van der Waals surface area (Å²) in [5, 5.41) is 4.49. The van der Waals surface area contributed by atoms with Crippen molar-refractivity contribution in [2.75, 3.05) is 11.9 Å². The molecular formula is C13H16N2S. The van der Waals surface area contributed by atoms with Crippen LogP contribution in [0.5, 0.6) is 0 Å². The Kier molecular flexibility index (Phi) is 2.79. The number of nitrogens with zero attached hydrogens (tertiary/aromatic N) is 1. The van der Waals surface area contributed by atoms with Crippen LogP contribution in [0.25, 0.3) is 10.2 Å². The van der Waals surface area contributed by atoms with Crippen LogP contribution in [0, 0.1) is 5.92 Å². The number of nitrogens with one attached hydrogen (secondary N) is 1. The second-order valence-corrected chi connectivity index (χ2v) is 5.53. The summed E-state index contributed by atoms with van der Waals surface area (Å²) in [6.07, 6.45) is 5.58. The molecule has 1 fully saturated rings. The van der Waals surface area contributed by atoms with Crippen LogP contribution < -0.4 is 5.32 Å². The van der Waals surface area contributed by atoms with Crippen molar-refractivity contribution >= 4 is 26.7 Å². The van der Waals surface area contributed by atoms with E-state index in [1.807, 2.05) is 6.07 Å². The van der Waals surface area contributed by atoms with Crippen molar-refractivity contribution in [1.82, 2.24) is 4.98 Å². The quantitative estimate of drug-likeness (QED) is 0.791. The highest BCUT2D eigenvalue weighted by atomic mass is 32.1. The van der Waals surface area contributed by atoms with Crippen LogP contribution in [0.2, 0.25) is 0 Å². The van der Waals surface area contributed by atoms with E-state index in [4.69, 9.17) is 0 Å². The highest BCUT2D eigenvalue weighted by molar-refractivity contribution is 7.22. The van der Waals surface area contributed by atoms with E-state index in [0.717, 1.165) is 23.1 Å². The van der Waals surface area contributed by atoms with Crippen molar-refractivity contribution in [3.8, 4) is 0 Å². The van der Waals surface area contributed by atoms with Crippen molar-refractivity contribution in [3.05, 3.63) is 24.3 Å². The lowest BCUT2D eigenvalue weighted by atomic mass is 10.2. The topological polar surface area (TPSA) is 24.9 Å². The van der Waals surface area contributed by atoms with Gasteiger partial charge in [0.15, 0.2) is 5.13 Å². The van der Waals surface area contributed by atoms with E-state index in [1.54, 1.807) is 11.3 Å². The van der Waals surface area contributed by atoms with E-state index in [1.165, 1.54) is 30.4 Å². The number of anilines is 1. The fraction of sp³-hybridized carbons (Fsp3) is 0.462. The zero-order chi connectivity index (χ0) is 10.8.